The molecule has 0 aliphatic carbocycles. The van der Waals surface area contributed by atoms with E-state index >= 15 is 0 Å². The maximum Gasteiger partial charge on any atom is 0.272 e. The number of amides is 3. The second-order valence-corrected chi connectivity index (χ2v) is 9.75. The molecule has 0 atom stereocenters. The Hall–Kier alpha value is -5.02. The largest absolute Gasteiger partial charge is 0.497 e. The summed E-state index contributed by atoms with van der Waals surface area (Å²) < 4.78 is 10.4. The third-order valence-electron chi connectivity index (χ3n) is 5.77. The fraction of sp³-hybridized carbons (Fsp3) is 0.0938. The Bertz CT molecular complexity index is 1540. The van der Waals surface area contributed by atoms with Gasteiger partial charge >= 0.3 is 0 Å². The van der Waals surface area contributed by atoms with Crippen LogP contribution in [-0.2, 0) is 9.59 Å². The molecule has 0 bridgehead atoms. The molecular weight excluding hydrogens is 538 g/mol. The Morgan fingerprint density at radius 2 is 1.41 bits per heavy atom. The number of carbonyl (C=O) groups is 3. The van der Waals surface area contributed by atoms with Gasteiger partial charge in [0.05, 0.1) is 20.0 Å². The molecule has 9 heteroatoms. The first-order chi connectivity index (χ1) is 19.9. The van der Waals surface area contributed by atoms with Crippen molar-refractivity contribution in [1.29, 1.82) is 0 Å². The lowest BCUT2D eigenvalue weighted by Crippen LogP contribution is -2.30. The number of rotatable bonds is 11. The summed E-state index contributed by atoms with van der Waals surface area (Å²) in [5.41, 5.74) is 2.36. The highest BCUT2D eigenvalue weighted by Gasteiger charge is 2.15. The average Bonchev–Trinajstić information content (AvgIpc) is 3.00. The molecule has 0 heterocycles. The summed E-state index contributed by atoms with van der Waals surface area (Å²) in [7, 11) is 3.14. The summed E-state index contributed by atoms with van der Waals surface area (Å²) in [6.45, 7) is 0. The third-order valence-corrected chi connectivity index (χ3v) is 6.76. The maximum atomic E-state index is 13.3. The molecular formula is C32H29N3O5S. The van der Waals surface area contributed by atoms with Crippen molar-refractivity contribution in [1.82, 2.24) is 5.32 Å². The van der Waals surface area contributed by atoms with Crippen molar-refractivity contribution in [2.24, 2.45) is 0 Å². The highest BCUT2D eigenvalue weighted by atomic mass is 32.2. The maximum absolute atomic E-state index is 13.3. The number of ether oxygens (including phenoxy) is 2. The fourth-order valence-corrected chi connectivity index (χ4v) is 4.47. The van der Waals surface area contributed by atoms with Crippen LogP contribution in [0.1, 0.15) is 15.9 Å². The van der Waals surface area contributed by atoms with E-state index in [4.69, 9.17) is 9.47 Å². The van der Waals surface area contributed by atoms with Crippen LogP contribution in [0.4, 0.5) is 11.4 Å². The van der Waals surface area contributed by atoms with Gasteiger partial charge in [0.2, 0.25) is 5.91 Å². The van der Waals surface area contributed by atoms with E-state index in [9.17, 15) is 14.4 Å². The highest BCUT2D eigenvalue weighted by molar-refractivity contribution is 8.00. The number of thioether (sulfide) groups is 1. The van der Waals surface area contributed by atoms with Gasteiger partial charge in [-0.3, -0.25) is 14.4 Å². The van der Waals surface area contributed by atoms with Crippen LogP contribution in [-0.4, -0.2) is 37.7 Å². The summed E-state index contributed by atoms with van der Waals surface area (Å²) in [6, 6.07) is 30.0. The lowest BCUT2D eigenvalue weighted by Gasteiger charge is -2.12. The smallest absolute Gasteiger partial charge is 0.272 e. The zero-order valence-corrected chi connectivity index (χ0v) is 23.4. The number of carbonyl (C=O) groups excluding carboxylic acids is 3. The second kappa shape index (κ2) is 14.4. The van der Waals surface area contributed by atoms with Crippen LogP contribution in [0.3, 0.4) is 0 Å². The van der Waals surface area contributed by atoms with Gasteiger partial charge in [0, 0.05) is 27.9 Å². The van der Waals surface area contributed by atoms with E-state index in [0.717, 1.165) is 4.90 Å². The fourth-order valence-electron chi connectivity index (χ4n) is 3.72. The van der Waals surface area contributed by atoms with Crippen LogP contribution < -0.4 is 25.4 Å². The lowest BCUT2D eigenvalue weighted by molar-refractivity contribution is -0.114. The van der Waals surface area contributed by atoms with Gasteiger partial charge in [-0.05, 0) is 66.2 Å². The summed E-state index contributed by atoms with van der Waals surface area (Å²) >= 11 is 1.33. The normalized spacial score (nSPS) is 10.8. The average molecular weight is 568 g/mol. The Morgan fingerprint density at radius 3 is 2.12 bits per heavy atom. The molecule has 4 aromatic rings. The predicted octanol–water partition coefficient (Wildman–Crippen LogP) is 5.84. The van der Waals surface area contributed by atoms with Crippen molar-refractivity contribution < 1.29 is 23.9 Å². The zero-order valence-electron chi connectivity index (χ0n) is 22.5. The molecule has 3 amide bonds. The molecule has 3 N–H and O–H groups in total. The molecule has 0 aromatic heterocycles. The van der Waals surface area contributed by atoms with Crippen molar-refractivity contribution >= 4 is 46.9 Å². The third kappa shape index (κ3) is 8.74. The van der Waals surface area contributed by atoms with E-state index in [1.807, 2.05) is 12.1 Å². The molecule has 8 nitrogen and oxygen atoms in total. The van der Waals surface area contributed by atoms with Crippen LogP contribution in [0.2, 0.25) is 0 Å². The van der Waals surface area contributed by atoms with E-state index in [2.05, 4.69) is 16.0 Å². The number of hydrogen-bond donors (Lipinski definition) is 3. The Labute approximate surface area is 242 Å². The van der Waals surface area contributed by atoms with E-state index in [-0.39, 0.29) is 17.4 Å². The molecule has 4 aromatic carbocycles. The number of hydrogen-bond acceptors (Lipinski definition) is 6. The molecule has 0 saturated carbocycles. The first-order valence-corrected chi connectivity index (χ1v) is 13.6. The molecule has 0 unspecified atom stereocenters. The van der Waals surface area contributed by atoms with Crippen molar-refractivity contribution in [2.45, 2.75) is 4.90 Å². The number of anilines is 2. The Morgan fingerprint density at radius 1 is 0.732 bits per heavy atom. The molecule has 0 aliphatic heterocycles. The highest BCUT2D eigenvalue weighted by Crippen LogP contribution is 2.23. The second-order valence-electron chi connectivity index (χ2n) is 8.70. The Balaban J connectivity index is 1.44. The van der Waals surface area contributed by atoms with Gasteiger partial charge in [-0.25, -0.2) is 0 Å². The van der Waals surface area contributed by atoms with Gasteiger partial charge in [0.1, 0.15) is 17.2 Å². The van der Waals surface area contributed by atoms with Gasteiger partial charge in [-0.1, -0.05) is 42.5 Å². The van der Waals surface area contributed by atoms with Crippen LogP contribution in [0, 0.1) is 0 Å². The lowest BCUT2D eigenvalue weighted by atomic mass is 10.1. The van der Waals surface area contributed by atoms with Gasteiger partial charge < -0.3 is 25.4 Å². The quantitative estimate of drug-likeness (QED) is 0.155. The van der Waals surface area contributed by atoms with Crippen LogP contribution in [0.5, 0.6) is 11.5 Å². The van der Waals surface area contributed by atoms with Crippen molar-refractivity contribution in [3.8, 4) is 11.5 Å². The SMILES string of the molecule is COc1ccc(/C=C(/NC(=O)c2ccccc2)C(=O)Nc2cccc(SCC(=O)Nc3cccc(OC)c3)c2)cc1. The van der Waals surface area contributed by atoms with E-state index < -0.39 is 11.8 Å². The van der Waals surface area contributed by atoms with Gasteiger partial charge in [-0.2, -0.15) is 0 Å². The van der Waals surface area contributed by atoms with Gasteiger partial charge in [0.25, 0.3) is 11.8 Å². The monoisotopic (exact) mass is 567 g/mol. The predicted molar refractivity (Wildman–Crippen MR) is 162 cm³/mol. The molecule has 4 rings (SSSR count). The number of benzene rings is 4. The Kier molecular flexibility index (Phi) is 10.2. The number of methoxy groups -OCH3 is 2. The summed E-state index contributed by atoms with van der Waals surface area (Å²) in [5.74, 6) is 0.415. The zero-order chi connectivity index (χ0) is 29.0. The first kappa shape index (κ1) is 29.0. The molecule has 41 heavy (non-hydrogen) atoms. The molecule has 208 valence electrons. The minimum Gasteiger partial charge on any atom is -0.497 e. The van der Waals surface area contributed by atoms with Crippen LogP contribution in [0.25, 0.3) is 6.08 Å². The molecule has 0 radical (unpaired) electrons. The van der Waals surface area contributed by atoms with E-state index in [0.29, 0.717) is 34.0 Å². The van der Waals surface area contributed by atoms with Gasteiger partial charge in [-0.15, -0.1) is 11.8 Å². The topological polar surface area (TPSA) is 106 Å². The summed E-state index contributed by atoms with van der Waals surface area (Å²) in [4.78, 5) is 39.5. The molecule has 0 spiro atoms. The van der Waals surface area contributed by atoms with E-state index in [1.165, 1.54) is 11.8 Å². The van der Waals surface area contributed by atoms with Crippen LogP contribution >= 0.6 is 11.8 Å². The minimum absolute atomic E-state index is 0.0692. The minimum atomic E-state index is -0.497. The van der Waals surface area contributed by atoms with Crippen LogP contribution in [0.15, 0.2) is 114 Å². The summed E-state index contributed by atoms with van der Waals surface area (Å²) in [6.07, 6.45) is 1.59. The van der Waals surface area contributed by atoms with E-state index in [1.54, 1.807) is 111 Å². The molecule has 0 aliphatic rings. The van der Waals surface area contributed by atoms with Crippen molar-refractivity contribution in [3.05, 3.63) is 120 Å². The van der Waals surface area contributed by atoms with Crippen molar-refractivity contribution in [2.75, 3.05) is 30.6 Å². The van der Waals surface area contributed by atoms with Crippen molar-refractivity contribution in [3.63, 3.8) is 0 Å². The first-order valence-electron chi connectivity index (χ1n) is 12.6. The summed E-state index contributed by atoms with van der Waals surface area (Å²) in [5, 5.41) is 8.42. The number of nitrogens with one attached hydrogen (secondary N) is 3. The standard InChI is InChI=1S/C32H29N3O5S/c1-39-26-16-14-22(15-17-26)18-29(35-31(37)23-8-4-3-5-9-23)32(38)34-25-11-7-13-28(20-25)41-21-30(36)33-24-10-6-12-27(19-24)40-2/h3-20H,21H2,1-2H3,(H,33,36)(H,34,38)(H,35,37)/b29-18+. The molecule has 0 fully saturated rings. The van der Waals surface area contributed by atoms with Gasteiger partial charge in [0.15, 0.2) is 0 Å². The molecule has 0 saturated heterocycles.